The average Bonchev–Trinajstić information content (AvgIpc) is 3.10. The monoisotopic (exact) mass is 454 g/mol. The SMILES string of the molecule is Cc1ccc(C(C)C)c(OCCn2c(C)c(C=NNC(=O)c3ccncc3)c3ccccc32)c1. The molecule has 4 rings (SSSR count). The van der Waals surface area contributed by atoms with Crippen molar-refractivity contribution < 1.29 is 9.53 Å². The summed E-state index contributed by atoms with van der Waals surface area (Å²) >= 11 is 0. The number of rotatable bonds is 8. The Kier molecular flexibility index (Phi) is 7.07. The number of hydrazone groups is 1. The number of hydrogen-bond donors (Lipinski definition) is 1. The second-order valence-electron chi connectivity index (χ2n) is 8.65. The normalized spacial score (nSPS) is 11.4. The van der Waals surface area contributed by atoms with Crippen molar-refractivity contribution in [2.24, 2.45) is 5.10 Å². The van der Waals surface area contributed by atoms with Gasteiger partial charge in [0, 0.05) is 40.1 Å². The van der Waals surface area contributed by atoms with Crippen LogP contribution < -0.4 is 10.2 Å². The Hall–Kier alpha value is -3.93. The molecule has 0 saturated carbocycles. The lowest BCUT2D eigenvalue weighted by Gasteiger charge is -2.16. The number of hydrogen-bond acceptors (Lipinski definition) is 4. The van der Waals surface area contributed by atoms with Crippen LogP contribution in [0, 0.1) is 13.8 Å². The molecule has 1 amide bonds. The Labute approximate surface area is 200 Å². The van der Waals surface area contributed by atoms with Crippen LogP contribution in [0.15, 0.2) is 72.1 Å². The maximum absolute atomic E-state index is 12.3. The first-order valence-corrected chi connectivity index (χ1v) is 11.5. The summed E-state index contributed by atoms with van der Waals surface area (Å²) in [6.07, 6.45) is 4.88. The van der Waals surface area contributed by atoms with Gasteiger partial charge in [0.1, 0.15) is 12.4 Å². The molecule has 0 aliphatic carbocycles. The minimum absolute atomic E-state index is 0.271. The summed E-state index contributed by atoms with van der Waals surface area (Å²) in [6.45, 7) is 9.77. The van der Waals surface area contributed by atoms with Crippen molar-refractivity contribution in [2.75, 3.05) is 6.61 Å². The van der Waals surface area contributed by atoms with E-state index in [1.54, 1.807) is 30.7 Å². The topological polar surface area (TPSA) is 68.5 Å². The van der Waals surface area contributed by atoms with Crippen LogP contribution in [0.1, 0.15) is 52.5 Å². The van der Waals surface area contributed by atoms with Gasteiger partial charge in [-0.15, -0.1) is 0 Å². The number of nitrogens with zero attached hydrogens (tertiary/aromatic N) is 3. The summed E-state index contributed by atoms with van der Waals surface area (Å²) in [7, 11) is 0. The summed E-state index contributed by atoms with van der Waals surface area (Å²) in [5.41, 5.74) is 8.68. The lowest BCUT2D eigenvalue weighted by molar-refractivity contribution is 0.0955. The van der Waals surface area contributed by atoms with Gasteiger partial charge in [0.15, 0.2) is 0 Å². The van der Waals surface area contributed by atoms with E-state index in [2.05, 4.69) is 78.1 Å². The zero-order valence-corrected chi connectivity index (χ0v) is 20.1. The third-order valence-corrected chi connectivity index (χ3v) is 5.95. The van der Waals surface area contributed by atoms with E-state index < -0.39 is 0 Å². The van der Waals surface area contributed by atoms with E-state index in [4.69, 9.17) is 4.74 Å². The lowest BCUT2D eigenvalue weighted by atomic mass is 10.0. The van der Waals surface area contributed by atoms with Crippen molar-refractivity contribution in [1.82, 2.24) is 15.0 Å². The Balaban J connectivity index is 1.53. The van der Waals surface area contributed by atoms with E-state index in [0.717, 1.165) is 27.9 Å². The molecule has 4 aromatic rings. The summed E-state index contributed by atoms with van der Waals surface area (Å²) in [5, 5.41) is 5.30. The predicted octanol–water partition coefficient (Wildman–Crippen LogP) is 5.62. The first-order chi connectivity index (χ1) is 16.5. The highest BCUT2D eigenvalue weighted by molar-refractivity contribution is 6.02. The third kappa shape index (κ3) is 5.01. The molecule has 0 spiro atoms. The molecule has 1 N–H and O–H groups in total. The minimum Gasteiger partial charge on any atom is -0.491 e. The smallest absolute Gasteiger partial charge is 0.271 e. The van der Waals surface area contributed by atoms with E-state index in [9.17, 15) is 4.79 Å². The fraction of sp³-hybridized carbons (Fsp3) is 0.250. The highest BCUT2D eigenvalue weighted by Gasteiger charge is 2.14. The third-order valence-electron chi connectivity index (χ3n) is 5.95. The molecule has 0 aliphatic rings. The molecule has 6 heteroatoms. The van der Waals surface area contributed by atoms with Crippen LogP contribution in [0.4, 0.5) is 0 Å². The van der Waals surface area contributed by atoms with Crippen LogP contribution in [0.2, 0.25) is 0 Å². The number of fused-ring (bicyclic) bond motifs is 1. The first kappa shape index (κ1) is 23.2. The van der Waals surface area contributed by atoms with Gasteiger partial charge < -0.3 is 9.30 Å². The van der Waals surface area contributed by atoms with E-state index in [-0.39, 0.29) is 5.91 Å². The van der Waals surface area contributed by atoms with Gasteiger partial charge in [-0.25, -0.2) is 5.43 Å². The quantitative estimate of drug-likeness (QED) is 0.278. The van der Waals surface area contributed by atoms with Crippen LogP contribution in [0.5, 0.6) is 5.75 Å². The van der Waals surface area contributed by atoms with Crippen molar-refractivity contribution in [1.29, 1.82) is 0 Å². The number of carbonyl (C=O) groups is 1. The van der Waals surface area contributed by atoms with Gasteiger partial charge in [-0.2, -0.15) is 5.10 Å². The molecule has 2 aromatic carbocycles. The molecule has 0 bridgehead atoms. The van der Waals surface area contributed by atoms with Gasteiger partial charge >= 0.3 is 0 Å². The number of pyridine rings is 1. The van der Waals surface area contributed by atoms with Crippen molar-refractivity contribution in [3.05, 3.63) is 94.9 Å². The number of aromatic nitrogens is 2. The molecule has 174 valence electrons. The van der Waals surface area contributed by atoms with E-state index >= 15 is 0 Å². The molecule has 2 heterocycles. The number of nitrogens with one attached hydrogen (secondary N) is 1. The Morgan fingerprint density at radius 3 is 2.65 bits per heavy atom. The maximum atomic E-state index is 12.3. The predicted molar refractivity (Wildman–Crippen MR) is 137 cm³/mol. The number of para-hydroxylation sites is 1. The standard InChI is InChI=1S/C28H30N4O2/c1-19(2)23-10-9-20(3)17-27(23)34-16-15-32-21(4)25(24-7-5-6-8-26(24)32)18-30-31-28(33)22-11-13-29-14-12-22/h5-14,17-19H,15-16H2,1-4H3,(H,31,33). The molecule has 0 radical (unpaired) electrons. The second-order valence-corrected chi connectivity index (χ2v) is 8.65. The zero-order chi connectivity index (χ0) is 24.1. The van der Waals surface area contributed by atoms with E-state index in [1.807, 2.05) is 12.1 Å². The molecule has 0 aliphatic heterocycles. The van der Waals surface area contributed by atoms with Crippen LogP contribution >= 0.6 is 0 Å². The second kappa shape index (κ2) is 10.3. The van der Waals surface area contributed by atoms with Gasteiger partial charge in [0.25, 0.3) is 5.91 Å². The van der Waals surface area contributed by atoms with Crippen molar-refractivity contribution >= 4 is 23.0 Å². The molecular weight excluding hydrogens is 424 g/mol. The molecular formula is C28H30N4O2. The van der Waals surface area contributed by atoms with Crippen LogP contribution in [-0.2, 0) is 6.54 Å². The van der Waals surface area contributed by atoms with E-state index in [0.29, 0.717) is 24.6 Å². The number of benzene rings is 2. The maximum Gasteiger partial charge on any atom is 0.271 e. The summed E-state index contributed by atoms with van der Waals surface area (Å²) in [5.74, 6) is 1.08. The van der Waals surface area contributed by atoms with Crippen molar-refractivity contribution in [3.63, 3.8) is 0 Å². The van der Waals surface area contributed by atoms with Gasteiger partial charge in [-0.05, 0) is 55.2 Å². The lowest BCUT2D eigenvalue weighted by Crippen LogP contribution is -2.17. The molecule has 34 heavy (non-hydrogen) atoms. The Bertz CT molecular complexity index is 1320. The Morgan fingerprint density at radius 1 is 1.12 bits per heavy atom. The fourth-order valence-electron chi connectivity index (χ4n) is 4.12. The van der Waals surface area contributed by atoms with Crippen molar-refractivity contribution in [3.8, 4) is 5.75 Å². The van der Waals surface area contributed by atoms with Gasteiger partial charge in [-0.1, -0.05) is 44.2 Å². The van der Waals surface area contributed by atoms with E-state index in [1.165, 1.54) is 11.1 Å². The average molecular weight is 455 g/mol. The Morgan fingerprint density at radius 2 is 1.88 bits per heavy atom. The van der Waals surface area contributed by atoms with Crippen LogP contribution in [0.25, 0.3) is 10.9 Å². The summed E-state index contributed by atoms with van der Waals surface area (Å²) in [6, 6.07) is 17.9. The number of ether oxygens (including phenoxy) is 1. The molecule has 0 unspecified atom stereocenters. The summed E-state index contributed by atoms with van der Waals surface area (Å²) in [4.78, 5) is 16.2. The van der Waals surface area contributed by atoms with Crippen LogP contribution in [0.3, 0.4) is 0 Å². The minimum atomic E-state index is -0.271. The largest absolute Gasteiger partial charge is 0.491 e. The van der Waals surface area contributed by atoms with Gasteiger partial charge in [-0.3, -0.25) is 9.78 Å². The zero-order valence-electron chi connectivity index (χ0n) is 20.1. The summed E-state index contributed by atoms with van der Waals surface area (Å²) < 4.78 is 8.48. The van der Waals surface area contributed by atoms with Crippen LogP contribution in [-0.4, -0.2) is 28.3 Å². The van der Waals surface area contributed by atoms with Gasteiger partial charge in [0.2, 0.25) is 0 Å². The first-order valence-electron chi connectivity index (χ1n) is 11.5. The molecule has 0 fully saturated rings. The highest BCUT2D eigenvalue weighted by Crippen LogP contribution is 2.28. The van der Waals surface area contributed by atoms with Gasteiger partial charge in [0.05, 0.1) is 12.8 Å². The highest BCUT2D eigenvalue weighted by atomic mass is 16.5. The number of aryl methyl sites for hydroxylation is 1. The molecule has 0 atom stereocenters. The number of amides is 1. The van der Waals surface area contributed by atoms with Crippen molar-refractivity contribution in [2.45, 2.75) is 40.2 Å². The molecule has 2 aromatic heterocycles. The molecule has 0 saturated heterocycles. The molecule has 6 nitrogen and oxygen atoms in total. The fourth-order valence-corrected chi connectivity index (χ4v) is 4.12. The number of carbonyl (C=O) groups excluding carboxylic acids is 1.